The van der Waals surface area contributed by atoms with Crippen molar-refractivity contribution in [3.8, 4) is 0 Å². The molecular formula is C9H15F2NO2. The van der Waals surface area contributed by atoms with Gasteiger partial charge >= 0.3 is 5.97 Å². The molecule has 0 heterocycles. The average molecular weight is 207 g/mol. The molecule has 82 valence electrons. The Balaban J connectivity index is 2.51. The monoisotopic (exact) mass is 207 g/mol. The number of alkyl halides is 2. The lowest BCUT2D eigenvalue weighted by Gasteiger charge is -2.31. The summed E-state index contributed by atoms with van der Waals surface area (Å²) in [5, 5.41) is 8.79. The van der Waals surface area contributed by atoms with Crippen molar-refractivity contribution in [3.05, 3.63) is 0 Å². The van der Waals surface area contributed by atoms with Crippen LogP contribution in [0.15, 0.2) is 0 Å². The van der Waals surface area contributed by atoms with E-state index in [0.29, 0.717) is 0 Å². The highest BCUT2D eigenvalue weighted by atomic mass is 19.3. The fourth-order valence-corrected chi connectivity index (χ4v) is 1.96. The average Bonchev–Trinajstić information content (AvgIpc) is 2.08. The fourth-order valence-electron chi connectivity index (χ4n) is 1.96. The van der Waals surface area contributed by atoms with Crippen molar-refractivity contribution < 1.29 is 18.7 Å². The number of hydrogen-bond acceptors (Lipinski definition) is 2. The Labute approximate surface area is 81.3 Å². The van der Waals surface area contributed by atoms with E-state index in [1.807, 2.05) is 0 Å². The number of carboxylic acid groups (broad SMARTS) is 1. The predicted molar refractivity (Wildman–Crippen MR) is 47.1 cm³/mol. The maximum Gasteiger partial charge on any atom is 0.308 e. The highest BCUT2D eigenvalue weighted by Crippen LogP contribution is 2.38. The molecule has 1 aliphatic carbocycles. The number of halogens is 2. The topological polar surface area (TPSA) is 63.3 Å². The summed E-state index contributed by atoms with van der Waals surface area (Å²) in [6.45, 7) is 0.0333. The summed E-state index contributed by atoms with van der Waals surface area (Å²) < 4.78 is 25.5. The third-order valence-electron chi connectivity index (χ3n) is 2.90. The number of carboxylic acids is 1. The van der Waals surface area contributed by atoms with Crippen LogP contribution in [0.2, 0.25) is 0 Å². The summed E-state index contributed by atoms with van der Waals surface area (Å²) in [6.07, 6.45) is 0.116. The van der Waals surface area contributed by atoms with Gasteiger partial charge in [-0.15, -0.1) is 0 Å². The maximum absolute atomic E-state index is 12.8. The largest absolute Gasteiger partial charge is 0.481 e. The first-order chi connectivity index (χ1) is 6.46. The normalized spacial score (nSPS) is 24.5. The molecule has 0 bridgehead atoms. The van der Waals surface area contributed by atoms with E-state index in [4.69, 9.17) is 10.8 Å². The van der Waals surface area contributed by atoms with Gasteiger partial charge in [-0.1, -0.05) is 0 Å². The quantitative estimate of drug-likeness (QED) is 0.736. The molecule has 1 rings (SSSR count). The van der Waals surface area contributed by atoms with Gasteiger partial charge in [0.2, 0.25) is 5.92 Å². The Kier molecular flexibility index (Phi) is 3.42. The lowest BCUT2D eigenvalue weighted by Crippen LogP contribution is -2.35. The number of rotatable bonds is 3. The van der Waals surface area contributed by atoms with Gasteiger partial charge in [0.15, 0.2) is 0 Å². The molecule has 1 saturated carbocycles. The van der Waals surface area contributed by atoms with Crippen molar-refractivity contribution in [2.24, 2.45) is 17.6 Å². The highest BCUT2D eigenvalue weighted by molar-refractivity contribution is 5.70. The highest BCUT2D eigenvalue weighted by Gasteiger charge is 2.39. The van der Waals surface area contributed by atoms with Crippen molar-refractivity contribution in [2.45, 2.75) is 31.6 Å². The van der Waals surface area contributed by atoms with Crippen LogP contribution in [0.3, 0.4) is 0 Å². The third kappa shape index (κ3) is 2.64. The van der Waals surface area contributed by atoms with E-state index in [9.17, 15) is 13.6 Å². The maximum atomic E-state index is 12.8. The molecule has 14 heavy (non-hydrogen) atoms. The number of carbonyl (C=O) groups is 1. The van der Waals surface area contributed by atoms with Crippen molar-refractivity contribution >= 4 is 5.97 Å². The van der Waals surface area contributed by atoms with Crippen LogP contribution in [0, 0.1) is 11.8 Å². The Morgan fingerprint density at radius 2 is 2.00 bits per heavy atom. The van der Waals surface area contributed by atoms with E-state index >= 15 is 0 Å². The summed E-state index contributed by atoms with van der Waals surface area (Å²) >= 11 is 0. The van der Waals surface area contributed by atoms with Gasteiger partial charge in [0.25, 0.3) is 0 Å². The standard InChI is InChI=1S/C9H15F2NO2/c10-9(11)3-1-6(2-4-9)7(5-12)8(13)14/h6-7H,1-5,12H2,(H,13,14). The fraction of sp³-hybridized carbons (Fsp3) is 0.889. The smallest absolute Gasteiger partial charge is 0.308 e. The molecule has 1 fully saturated rings. The molecule has 3 N–H and O–H groups in total. The molecule has 3 nitrogen and oxygen atoms in total. The second-order valence-electron chi connectivity index (χ2n) is 3.87. The molecule has 0 aliphatic heterocycles. The van der Waals surface area contributed by atoms with Crippen molar-refractivity contribution in [3.63, 3.8) is 0 Å². The molecule has 1 aliphatic rings. The van der Waals surface area contributed by atoms with Crippen molar-refractivity contribution in [1.29, 1.82) is 0 Å². The molecule has 0 amide bonds. The van der Waals surface area contributed by atoms with E-state index in [0.717, 1.165) is 0 Å². The first-order valence-corrected chi connectivity index (χ1v) is 4.77. The van der Waals surface area contributed by atoms with E-state index in [1.54, 1.807) is 0 Å². The summed E-state index contributed by atoms with van der Waals surface area (Å²) in [6, 6.07) is 0. The molecule has 0 spiro atoms. The SMILES string of the molecule is NCC(C(=O)O)C1CCC(F)(F)CC1. The number of hydrogen-bond donors (Lipinski definition) is 2. The van der Waals surface area contributed by atoms with Crippen LogP contribution in [-0.4, -0.2) is 23.5 Å². The Bertz CT molecular complexity index is 211. The summed E-state index contributed by atoms with van der Waals surface area (Å²) in [7, 11) is 0. The number of aliphatic carboxylic acids is 1. The molecule has 0 aromatic carbocycles. The summed E-state index contributed by atoms with van der Waals surface area (Å²) in [5.41, 5.74) is 5.30. The zero-order valence-electron chi connectivity index (χ0n) is 7.88. The Morgan fingerprint density at radius 1 is 1.50 bits per heavy atom. The minimum absolute atomic E-state index is 0.0333. The molecule has 5 heteroatoms. The molecule has 1 atom stereocenters. The Hall–Kier alpha value is -0.710. The summed E-state index contributed by atoms with van der Waals surface area (Å²) in [4.78, 5) is 10.7. The summed E-state index contributed by atoms with van der Waals surface area (Å²) in [5.74, 6) is -4.42. The van der Waals surface area contributed by atoms with Gasteiger partial charge in [-0.2, -0.15) is 0 Å². The minimum Gasteiger partial charge on any atom is -0.481 e. The van der Waals surface area contributed by atoms with Crippen LogP contribution >= 0.6 is 0 Å². The van der Waals surface area contributed by atoms with Gasteiger partial charge in [0, 0.05) is 19.4 Å². The van der Waals surface area contributed by atoms with Crippen LogP contribution in [0.5, 0.6) is 0 Å². The second kappa shape index (κ2) is 4.21. The van der Waals surface area contributed by atoms with E-state index in [-0.39, 0.29) is 38.1 Å². The molecular weight excluding hydrogens is 192 g/mol. The minimum atomic E-state index is -2.60. The van der Waals surface area contributed by atoms with Crippen LogP contribution in [0.4, 0.5) is 8.78 Å². The first kappa shape index (κ1) is 11.4. The lowest BCUT2D eigenvalue weighted by molar-refractivity contribution is -0.145. The van der Waals surface area contributed by atoms with Crippen LogP contribution in [0.1, 0.15) is 25.7 Å². The Morgan fingerprint density at radius 3 is 2.36 bits per heavy atom. The van der Waals surface area contributed by atoms with Gasteiger partial charge in [-0.3, -0.25) is 4.79 Å². The van der Waals surface area contributed by atoms with Gasteiger partial charge in [0.05, 0.1) is 5.92 Å². The van der Waals surface area contributed by atoms with Crippen LogP contribution in [0.25, 0.3) is 0 Å². The van der Waals surface area contributed by atoms with E-state index in [1.165, 1.54) is 0 Å². The van der Waals surface area contributed by atoms with Gasteiger partial charge in [-0.05, 0) is 18.8 Å². The van der Waals surface area contributed by atoms with Gasteiger partial charge < -0.3 is 10.8 Å². The zero-order valence-corrected chi connectivity index (χ0v) is 7.88. The van der Waals surface area contributed by atoms with E-state index < -0.39 is 17.8 Å². The van der Waals surface area contributed by atoms with E-state index in [2.05, 4.69) is 0 Å². The molecule has 0 saturated heterocycles. The predicted octanol–water partition coefficient (Wildman–Crippen LogP) is 1.47. The first-order valence-electron chi connectivity index (χ1n) is 4.77. The molecule has 0 radical (unpaired) electrons. The molecule has 1 unspecified atom stereocenters. The molecule has 0 aromatic rings. The second-order valence-corrected chi connectivity index (χ2v) is 3.87. The lowest BCUT2D eigenvalue weighted by atomic mass is 9.78. The number of nitrogens with two attached hydrogens (primary N) is 1. The zero-order chi connectivity index (χ0) is 10.8. The van der Waals surface area contributed by atoms with Crippen molar-refractivity contribution in [1.82, 2.24) is 0 Å². The van der Waals surface area contributed by atoms with Crippen LogP contribution < -0.4 is 5.73 Å². The van der Waals surface area contributed by atoms with Crippen molar-refractivity contribution in [2.75, 3.05) is 6.54 Å². The van der Waals surface area contributed by atoms with Crippen LogP contribution in [-0.2, 0) is 4.79 Å². The molecule has 0 aromatic heterocycles. The third-order valence-corrected chi connectivity index (χ3v) is 2.90. The van der Waals surface area contributed by atoms with Gasteiger partial charge in [0.1, 0.15) is 0 Å². The van der Waals surface area contributed by atoms with Gasteiger partial charge in [-0.25, -0.2) is 8.78 Å².